The number of rotatable bonds is 2. The Morgan fingerprint density at radius 1 is 1.30 bits per heavy atom. The second-order valence-electron chi connectivity index (χ2n) is 4.06. The van der Waals surface area contributed by atoms with Gasteiger partial charge in [0.05, 0.1) is 10.7 Å². The average molecular weight is 308 g/mol. The van der Waals surface area contributed by atoms with Crippen LogP contribution in [0.15, 0.2) is 36.8 Å². The predicted octanol–water partition coefficient (Wildman–Crippen LogP) is 3.40. The van der Waals surface area contributed by atoms with Crippen LogP contribution in [0.1, 0.15) is 10.5 Å². The number of aromatic nitrogens is 3. The second-order valence-corrected chi connectivity index (χ2v) is 4.91. The van der Waals surface area contributed by atoms with Gasteiger partial charge in [0.2, 0.25) is 0 Å². The molecule has 3 aromatic rings. The van der Waals surface area contributed by atoms with Gasteiger partial charge in [-0.2, -0.15) is 0 Å². The van der Waals surface area contributed by atoms with E-state index in [0.717, 1.165) is 0 Å². The number of carboxylic acids is 1. The monoisotopic (exact) mass is 307 g/mol. The van der Waals surface area contributed by atoms with Gasteiger partial charge in [0, 0.05) is 29.2 Å². The standard InChI is InChI=1S/C13H7Cl2N3O2/c14-7-1-2-8(9(15)5-7)10-6-18-4-3-16-11(13(19)20)12(18)17-10/h1-6H,(H,19,20). The lowest BCUT2D eigenvalue weighted by Gasteiger charge is -2.00. The van der Waals surface area contributed by atoms with Gasteiger partial charge in [0.1, 0.15) is 0 Å². The van der Waals surface area contributed by atoms with Crippen molar-refractivity contribution in [2.24, 2.45) is 0 Å². The van der Waals surface area contributed by atoms with Crippen LogP contribution in [-0.2, 0) is 0 Å². The maximum atomic E-state index is 11.1. The number of halogens is 2. The first kappa shape index (κ1) is 12.9. The number of carbonyl (C=O) groups is 1. The summed E-state index contributed by atoms with van der Waals surface area (Å²) in [6.07, 6.45) is 4.73. The molecule has 0 aliphatic carbocycles. The Morgan fingerprint density at radius 2 is 2.10 bits per heavy atom. The molecule has 100 valence electrons. The molecule has 0 saturated carbocycles. The van der Waals surface area contributed by atoms with Gasteiger partial charge >= 0.3 is 5.97 Å². The van der Waals surface area contributed by atoms with E-state index in [2.05, 4.69) is 9.97 Å². The van der Waals surface area contributed by atoms with E-state index >= 15 is 0 Å². The highest BCUT2D eigenvalue weighted by Crippen LogP contribution is 2.30. The molecule has 0 aliphatic rings. The highest BCUT2D eigenvalue weighted by molar-refractivity contribution is 6.36. The van der Waals surface area contributed by atoms with Gasteiger partial charge in [0.15, 0.2) is 11.3 Å². The third kappa shape index (κ3) is 2.11. The van der Waals surface area contributed by atoms with E-state index in [4.69, 9.17) is 28.3 Å². The summed E-state index contributed by atoms with van der Waals surface area (Å²) in [5.41, 5.74) is 1.39. The molecule has 0 bridgehead atoms. The molecular formula is C13H7Cl2N3O2. The number of hydrogen-bond donors (Lipinski definition) is 1. The molecule has 0 fully saturated rings. The number of imidazole rings is 1. The quantitative estimate of drug-likeness (QED) is 0.788. The first-order chi connectivity index (χ1) is 9.56. The van der Waals surface area contributed by atoms with E-state index in [1.807, 2.05) is 0 Å². The molecule has 0 atom stereocenters. The smallest absolute Gasteiger partial charge is 0.358 e. The largest absolute Gasteiger partial charge is 0.476 e. The summed E-state index contributed by atoms with van der Waals surface area (Å²) < 4.78 is 1.59. The minimum Gasteiger partial charge on any atom is -0.476 e. The topological polar surface area (TPSA) is 67.5 Å². The molecule has 0 saturated heterocycles. The van der Waals surface area contributed by atoms with Crippen molar-refractivity contribution in [2.75, 3.05) is 0 Å². The first-order valence-corrected chi connectivity index (χ1v) is 6.34. The predicted molar refractivity (Wildman–Crippen MR) is 75.4 cm³/mol. The zero-order chi connectivity index (χ0) is 14.3. The van der Waals surface area contributed by atoms with Crippen molar-refractivity contribution in [1.29, 1.82) is 0 Å². The number of carboxylic acid groups (broad SMARTS) is 1. The summed E-state index contributed by atoms with van der Waals surface area (Å²) >= 11 is 12.0. The molecule has 3 rings (SSSR count). The van der Waals surface area contributed by atoms with Gasteiger partial charge in [-0.05, 0) is 18.2 Å². The number of nitrogens with zero attached hydrogens (tertiary/aromatic N) is 3. The van der Waals surface area contributed by atoms with Crippen LogP contribution in [0.3, 0.4) is 0 Å². The first-order valence-electron chi connectivity index (χ1n) is 5.58. The van der Waals surface area contributed by atoms with Gasteiger partial charge in [-0.3, -0.25) is 0 Å². The molecule has 2 heterocycles. The molecule has 7 heteroatoms. The van der Waals surface area contributed by atoms with Gasteiger partial charge in [-0.25, -0.2) is 14.8 Å². The van der Waals surface area contributed by atoms with Gasteiger partial charge in [-0.1, -0.05) is 23.2 Å². The van der Waals surface area contributed by atoms with Crippen LogP contribution in [0.2, 0.25) is 10.0 Å². The molecule has 0 amide bonds. The average Bonchev–Trinajstić information content (AvgIpc) is 2.81. The minimum absolute atomic E-state index is 0.108. The Hall–Kier alpha value is -2.11. The molecular weight excluding hydrogens is 301 g/mol. The van der Waals surface area contributed by atoms with Crippen molar-refractivity contribution < 1.29 is 9.90 Å². The van der Waals surface area contributed by atoms with Crippen LogP contribution in [-0.4, -0.2) is 25.4 Å². The van der Waals surface area contributed by atoms with Crippen molar-refractivity contribution in [3.63, 3.8) is 0 Å². The summed E-state index contributed by atoms with van der Waals surface area (Å²) in [7, 11) is 0. The highest BCUT2D eigenvalue weighted by Gasteiger charge is 2.15. The van der Waals surface area contributed by atoms with Gasteiger partial charge in [0.25, 0.3) is 0 Å². The molecule has 1 N–H and O–H groups in total. The van der Waals surface area contributed by atoms with Crippen LogP contribution in [0.5, 0.6) is 0 Å². The lowest BCUT2D eigenvalue weighted by atomic mass is 10.2. The Balaban J connectivity index is 2.23. The van der Waals surface area contributed by atoms with E-state index in [1.165, 1.54) is 6.20 Å². The summed E-state index contributed by atoms with van der Waals surface area (Å²) in [6.45, 7) is 0. The summed E-state index contributed by atoms with van der Waals surface area (Å²) in [6, 6.07) is 5.04. The lowest BCUT2D eigenvalue weighted by Crippen LogP contribution is -2.03. The molecule has 0 unspecified atom stereocenters. The number of hydrogen-bond acceptors (Lipinski definition) is 3. The van der Waals surface area contributed by atoms with Crippen molar-refractivity contribution in [3.05, 3.63) is 52.5 Å². The van der Waals surface area contributed by atoms with E-state index < -0.39 is 5.97 Å². The maximum Gasteiger partial charge on any atom is 0.358 e. The van der Waals surface area contributed by atoms with Crippen LogP contribution < -0.4 is 0 Å². The van der Waals surface area contributed by atoms with Crippen molar-refractivity contribution in [3.8, 4) is 11.3 Å². The Morgan fingerprint density at radius 3 is 2.80 bits per heavy atom. The van der Waals surface area contributed by atoms with E-state index in [1.54, 1.807) is 35.0 Å². The third-order valence-electron chi connectivity index (χ3n) is 2.78. The van der Waals surface area contributed by atoms with Crippen molar-refractivity contribution in [2.45, 2.75) is 0 Å². The van der Waals surface area contributed by atoms with Crippen LogP contribution in [0.25, 0.3) is 16.9 Å². The molecule has 5 nitrogen and oxygen atoms in total. The summed E-state index contributed by atoms with van der Waals surface area (Å²) in [4.78, 5) is 19.2. The Bertz CT molecular complexity index is 830. The van der Waals surface area contributed by atoms with E-state index in [0.29, 0.717) is 21.3 Å². The van der Waals surface area contributed by atoms with Crippen LogP contribution in [0.4, 0.5) is 0 Å². The molecule has 0 spiro atoms. The number of benzene rings is 1. The fraction of sp³-hybridized carbons (Fsp3) is 0. The lowest BCUT2D eigenvalue weighted by molar-refractivity contribution is 0.0692. The number of fused-ring (bicyclic) bond motifs is 1. The summed E-state index contributed by atoms with van der Waals surface area (Å²) in [5.74, 6) is -1.13. The van der Waals surface area contributed by atoms with E-state index in [-0.39, 0.29) is 11.3 Å². The Kier molecular flexibility index (Phi) is 3.08. The number of aromatic carboxylic acids is 1. The maximum absolute atomic E-state index is 11.1. The van der Waals surface area contributed by atoms with Gasteiger partial charge in [-0.15, -0.1) is 0 Å². The van der Waals surface area contributed by atoms with Crippen molar-refractivity contribution in [1.82, 2.24) is 14.4 Å². The minimum atomic E-state index is -1.13. The fourth-order valence-corrected chi connectivity index (χ4v) is 2.40. The highest BCUT2D eigenvalue weighted by atomic mass is 35.5. The Labute approximate surface area is 123 Å². The molecule has 20 heavy (non-hydrogen) atoms. The second kappa shape index (κ2) is 4.77. The molecule has 0 radical (unpaired) electrons. The SMILES string of the molecule is O=C(O)c1nccn2cc(-c3ccc(Cl)cc3Cl)nc12. The molecule has 0 aliphatic heterocycles. The fourth-order valence-electron chi connectivity index (χ4n) is 1.90. The van der Waals surface area contributed by atoms with Crippen molar-refractivity contribution >= 4 is 34.8 Å². The van der Waals surface area contributed by atoms with Crippen LogP contribution in [0, 0.1) is 0 Å². The summed E-state index contributed by atoms with van der Waals surface area (Å²) in [5, 5.41) is 10.1. The normalized spacial score (nSPS) is 10.9. The molecule has 2 aromatic heterocycles. The third-order valence-corrected chi connectivity index (χ3v) is 3.33. The zero-order valence-corrected chi connectivity index (χ0v) is 11.4. The van der Waals surface area contributed by atoms with Gasteiger partial charge < -0.3 is 9.51 Å². The van der Waals surface area contributed by atoms with E-state index in [9.17, 15) is 4.79 Å². The molecule has 1 aromatic carbocycles. The zero-order valence-electron chi connectivity index (χ0n) is 9.92. The van der Waals surface area contributed by atoms with Crippen LogP contribution >= 0.6 is 23.2 Å².